The van der Waals surface area contributed by atoms with Crippen LogP contribution >= 0.6 is 22.9 Å². The summed E-state index contributed by atoms with van der Waals surface area (Å²) in [4.78, 5) is 21.3. The number of nitro benzene ring substituents is 1. The smallest absolute Gasteiger partial charge is 0.338 e. The maximum Gasteiger partial charge on any atom is 0.338 e. The number of aromatic carboxylic acids is 1. The largest absolute Gasteiger partial charge is 0.478 e. The molecule has 0 aliphatic rings. The second-order valence-corrected chi connectivity index (χ2v) is 5.41. The third-order valence-electron chi connectivity index (χ3n) is 2.81. The van der Waals surface area contributed by atoms with Crippen molar-refractivity contribution < 1.29 is 14.8 Å². The molecule has 2 N–H and O–H groups in total. The molecule has 0 saturated carbocycles. The van der Waals surface area contributed by atoms with Crippen LogP contribution in [0.25, 0.3) is 0 Å². The summed E-state index contributed by atoms with van der Waals surface area (Å²) >= 11 is 7.53. The van der Waals surface area contributed by atoms with Gasteiger partial charge in [-0.2, -0.15) is 11.3 Å². The first kappa shape index (κ1) is 15.3. The number of benzene rings is 1. The number of anilines is 1. The highest BCUT2D eigenvalue weighted by molar-refractivity contribution is 7.07. The van der Waals surface area contributed by atoms with Crippen molar-refractivity contribution in [1.29, 1.82) is 0 Å². The zero-order valence-electron chi connectivity index (χ0n) is 10.7. The Bertz CT molecular complexity index is 673. The molecule has 0 radical (unpaired) electrons. The molecule has 0 spiro atoms. The number of thiophene rings is 1. The molecule has 0 bridgehead atoms. The second kappa shape index (κ2) is 6.55. The summed E-state index contributed by atoms with van der Waals surface area (Å²) in [5, 5.41) is 26.8. The Morgan fingerprint density at radius 3 is 2.81 bits per heavy atom. The molecule has 1 heterocycles. The predicted octanol–water partition coefficient (Wildman–Crippen LogP) is 3.66. The quantitative estimate of drug-likeness (QED) is 0.624. The number of hydrogen-bond acceptors (Lipinski definition) is 5. The molecule has 21 heavy (non-hydrogen) atoms. The Morgan fingerprint density at radius 2 is 2.24 bits per heavy atom. The molecule has 2 rings (SSSR count). The Balaban J connectivity index is 2.21. The third-order valence-corrected chi connectivity index (χ3v) is 3.84. The minimum atomic E-state index is -1.27. The number of hydrogen-bond donors (Lipinski definition) is 2. The van der Waals surface area contributed by atoms with Crippen molar-refractivity contribution in [3.05, 3.63) is 55.2 Å². The summed E-state index contributed by atoms with van der Waals surface area (Å²) in [6.07, 6.45) is 0.704. The molecule has 0 fully saturated rings. The molecule has 0 unspecified atom stereocenters. The molecule has 0 saturated heterocycles. The zero-order valence-corrected chi connectivity index (χ0v) is 12.3. The molecule has 6 nitrogen and oxygen atoms in total. The number of nitrogens with zero attached hydrogens (tertiary/aromatic N) is 1. The SMILES string of the molecule is O=C(O)c1cc([N+](=O)[O-])cc(Cl)c1NCCc1ccsc1. The van der Waals surface area contributed by atoms with E-state index in [9.17, 15) is 14.9 Å². The van der Waals surface area contributed by atoms with Crippen molar-refractivity contribution in [1.82, 2.24) is 0 Å². The van der Waals surface area contributed by atoms with Crippen LogP contribution in [0.1, 0.15) is 15.9 Å². The predicted molar refractivity (Wildman–Crippen MR) is 81.6 cm³/mol. The first-order valence-electron chi connectivity index (χ1n) is 5.95. The molecule has 0 aliphatic carbocycles. The Kier molecular flexibility index (Phi) is 4.77. The maximum absolute atomic E-state index is 11.2. The van der Waals surface area contributed by atoms with E-state index in [4.69, 9.17) is 16.7 Å². The maximum atomic E-state index is 11.2. The van der Waals surface area contributed by atoms with Gasteiger partial charge in [0, 0.05) is 18.7 Å². The van der Waals surface area contributed by atoms with Crippen LogP contribution in [0.5, 0.6) is 0 Å². The second-order valence-electron chi connectivity index (χ2n) is 4.22. The van der Waals surface area contributed by atoms with Gasteiger partial charge in [0.2, 0.25) is 0 Å². The van der Waals surface area contributed by atoms with Gasteiger partial charge in [-0.15, -0.1) is 0 Å². The molecule has 1 aromatic heterocycles. The van der Waals surface area contributed by atoms with Gasteiger partial charge in [-0.3, -0.25) is 10.1 Å². The molecular weight excluding hydrogens is 316 g/mol. The molecule has 0 aliphatic heterocycles. The first-order chi connectivity index (χ1) is 9.99. The fraction of sp³-hybridized carbons (Fsp3) is 0.154. The number of halogens is 1. The van der Waals surface area contributed by atoms with Crippen LogP contribution in [0.2, 0.25) is 5.02 Å². The molecule has 1 aromatic carbocycles. The van der Waals surface area contributed by atoms with Gasteiger partial charge in [-0.25, -0.2) is 4.79 Å². The van der Waals surface area contributed by atoms with E-state index in [0.29, 0.717) is 13.0 Å². The average molecular weight is 327 g/mol. The van der Waals surface area contributed by atoms with Gasteiger partial charge in [-0.1, -0.05) is 11.6 Å². The molecule has 8 heteroatoms. The van der Waals surface area contributed by atoms with Crippen molar-refractivity contribution >= 4 is 40.3 Å². The van der Waals surface area contributed by atoms with Crippen LogP contribution in [-0.4, -0.2) is 22.5 Å². The van der Waals surface area contributed by atoms with Crippen LogP contribution in [-0.2, 0) is 6.42 Å². The molecule has 0 amide bonds. The van der Waals surface area contributed by atoms with Crippen molar-refractivity contribution in [3.63, 3.8) is 0 Å². The number of non-ortho nitro benzene ring substituents is 1. The average Bonchev–Trinajstić information content (AvgIpc) is 2.92. The number of carboxylic acids is 1. The van der Waals surface area contributed by atoms with Crippen LogP contribution < -0.4 is 5.32 Å². The third kappa shape index (κ3) is 3.71. The van der Waals surface area contributed by atoms with E-state index in [-0.39, 0.29) is 22.0 Å². The number of rotatable bonds is 6. The van der Waals surface area contributed by atoms with Crippen LogP contribution in [0, 0.1) is 10.1 Å². The summed E-state index contributed by atoms with van der Waals surface area (Å²) in [5.41, 5.74) is 0.771. The highest BCUT2D eigenvalue weighted by Crippen LogP contribution is 2.31. The molecular formula is C13H11ClN2O4S. The van der Waals surface area contributed by atoms with Gasteiger partial charge in [-0.05, 0) is 28.8 Å². The first-order valence-corrected chi connectivity index (χ1v) is 7.27. The van der Waals surface area contributed by atoms with E-state index < -0.39 is 10.9 Å². The van der Waals surface area contributed by atoms with E-state index in [1.54, 1.807) is 11.3 Å². The van der Waals surface area contributed by atoms with Gasteiger partial charge in [0.05, 0.1) is 21.2 Å². The van der Waals surface area contributed by atoms with Crippen LogP contribution in [0.4, 0.5) is 11.4 Å². The lowest BCUT2D eigenvalue weighted by Gasteiger charge is -2.11. The van der Waals surface area contributed by atoms with Gasteiger partial charge in [0.1, 0.15) is 0 Å². The monoisotopic (exact) mass is 326 g/mol. The van der Waals surface area contributed by atoms with Gasteiger partial charge < -0.3 is 10.4 Å². The summed E-state index contributed by atoms with van der Waals surface area (Å²) in [5.74, 6) is -1.27. The highest BCUT2D eigenvalue weighted by Gasteiger charge is 2.19. The van der Waals surface area contributed by atoms with Crippen molar-refractivity contribution in [2.45, 2.75) is 6.42 Å². The van der Waals surface area contributed by atoms with Crippen molar-refractivity contribution in [2.24, 2.45) is 0 Å². The zero-order chi connectivity index (χ0) is 15.4. The fourth-order valence-corrected chi connectivity index (χ4v) is 2.80. The Hall–Kier alpha value is -2.12. The topological polar surface area (TPSA) is 92.5 Å². The lowest BCUT2D eigenvalue weighted by molar-refractivity contribution is -0.384. The van der Waals surface area contributed by atoms with E-state index >= 15 is 0 Å². The summed E-state index contributed by atoms with van der Waals surface area (Å²) < 4.78 is 0. The summed E-state index contributed by atoms with van der Waals surface area (Å²) in [7, 11) is 0. The van der Waals surface area contributed by atoms with Gasteiger partial charge in [0.15, 0.2) is 0 Å². The minimum absolute atomic E-state index is 0.0203. The van der Waals surface area contributed by atoms with E-state index in [1.165, 1.54) is 0 Å². The molecule has 2 aromatic rings. The van der Waals surface area contributed by atoms with Crippen LogP contribution in [0.3, 0.4) is 0 Å². The van der Waals surface area contributed by atoms with Gasteiger partial charge in [0.25, 0.3) is 5.69 Å². The fourth-order valence-electron chi connectivity index (χ4n) is 1.81. The highest BCUT2D eigenvalue weighted by atomic mass is 35.5. The standard InChI is InChI=1S/C13H11ClN2O4S/c14-11-6-9(16(19)20)5-10(13(17)18)12(11)15-3-1-8-2-4-21-7-8/h2,4-7,15H,1,3H2,(H,17,18). The lowest BCUT2D eigenvalue weighted by atomic mass is 10.1. The van der Waals surface area contributed by atoms with E-state index in [0.717, 1.165) is 17.7 Å². The summed E-state index contributed by atoms with van der Waals surface area (Å²) in [6, 6.07) is 4.12. The summed E-state index contributed by atoms with van der Waals surface area (Å²) in [6.45, 7) is 0.481. The normalized spacial score (nSPS) is 10.3. The number of carboxylic acid groups (broad SMARTS) is 1. The Labute approximate surface area is 129 Å². The van der Waals surface area contributed by atoms with Crippen molar-refractivity contribution in [3.8, 4) is 0 Å². The van der Waals surface area contributed by atoms with E-state index in [2.05, 4.69) is 5.32 Å². The van der Waals surface area contributed by atoms with Crippen molar-refractivity contribution in [2.75, 3.05) is 11.9 Å². The number of nitrogens with one attached hydrogen (secondary N) is 1. The number of carbonyl (C=O) groups is 1. The van der Waals surface area contributed by atoms with E-state index in [1.807, 2.05) is 16.8 Å². The lowest BCUT2D eigenvalue weighted by Crippen LogP contribution is -2.10. The Morgan fingerprint density at radius 1 is 1.48 bits per heavy atom. The molecule has 0 atom stereocenters. The van der Waals surface area contributed by atoms with Crippen LogP contribution in [0.15, 0.2) is 29.0 Å². The number of nitro groups is 1. The minimum Gasteiger partial charge on any atom is -0.478 e. The van der Waals surface area contributed by atoms with Gasteiger partial charge >= 0.3 is 5.97 Å². The molecule has 110 valence electrons.